The van der Waals surface area contributed by atoms with E-state index < -0.39 is 16.5 Å². The number of aliphatic hydroxyl groups excluding tert-OH is 1. The van der Waals surface area contributed by atoms with E-state index >= 15 is 0 Å². The molecule has 50 heavy (non-hydrogen) atoms. The molecular weight excluding hydrogens is 647 g/mol. The highest BCUT2D eigenvalue weighted by atomic mass is 32.3. The van der Waals surface area contributed by atoms with Crippen molar-refractivity contribution in [3.8, 4) is 0 Å². The van der Waals surface area contributed by atoms with E-state index in [0.29, 0.717) is 53.4 Å². The van der Waals surface area contributed by atoms with E-state index in [-0.39, 0.29) is 17.4 Å². The molecule has 4 saturated carbocycles. The van der Waals surface area contributed by atoms with Gasteiger partial charge in [-0.25, -0.2) is 4.18 Å². The summed E-state index contributed by atoms with van der Waals surface area (Å²) < 4.78 is 37.2. The van der Waals surface area contributed by atoms with E-state index in [1.807, 2.05) is 13.8 Å². The van der Waals surface area contributed by atoms with Gasteiger partial charge in [0, 0.05) is 12.6 Å². The first kappa shape index (κ1) is 40.1. The van der Waals surface area contributed by atoms with Crippen LogP contribution in [0.15, 0.2) is 30.3 Å². The van der Waals surface area contributed by atoms with E-state index in [0.717, 1.165) is 52.0 Å². The molecule has 4 fully saturated rings. The van der Waals surface area contributed by atoms with Crippen LogP contribution in [0.3, 0.4) is 0 Å². The summed E-state index contributed by atoms with van der Waals surface area (Å²) in [7, 11) is -4.46. The average Bonchev–Trinajstić information content (AvgIpc) is 3.43. The first-order chi connectivity index (χ1) is 23.8. The molecule has 0 aromatic heterocycles. The van der Waals surface area contributed by atoms with Gasteiger partial charge in [0.05, 0.1) is 12.2 Å². The van der Waals surface area contributed by atoms with Crippen molar-refractivity contribution in [1.82, 2.24) is 16.0 Å². The summed E-state index contributed by atoms with van der Waals surface area (Å²) in [6.07, 6.45) is 13.9. The van der Waals surface area contributed by atoms with Crippen LogP contribution in [0.1, 0.15) is 124 Å². The summed E-state index contributed by atoms with van der Waals surface area (Å²) in [4.78, 5) is 0. The van der Waals surface area contributed by atoms with Crippen molar-refractivity contribution in [2.45, 2.75) is 143 Å². The Kier molecular flexibility index (Phi) is 14.3. The van der Waals surface area contributed by atoms with Crippen molar-refractivity contribution in [1.29, 1.82) is 0 Å². The van der Waals surface area contributed by atoms with Gasteiger partial charge < -0.3 is 21.1 Å². The van der Waals surface area contributed by atoms with Gasteiger partial charge >= 0.3 is 10.4 Å². The van der Waals surface area contributed by atoms with Gasteiger partial charge in [-0.15, -0.1) is 0 Å². The number of rotatable bonds is 19. The predicted molar refractivity (Wildman–Crippen MR) is 203 cm³/mol. The molecule has 8 nitrogen and oxygen atoms in total. The maximum Gasteiger partial charge on any atom is 0.397 e. The van der Waals surface area contributed by atoms with Crippen LogP contribution >= 0.6 is 0 Å². The lowest BCUT2D eigenvalue weighted by molar-refractivity contribution is -0.167. The monoisotopic (exact) mass is 718 g/mol. The summed E-state index contributed by atoms with van der Waals surface area (Å²) in [5.74, 6) is 3.19. The number of nitrogens with one attached hydrogen (secondary N) is 3. The number of hydrogen-bond acceptors (Lipinski definition) is 7. The zero-order valence-corrected chi connectivity index (χ0v) is 32.7. The van der Waals surface area contributed by atoms with E-state index in [4.69, 9.17) is 4.18 Å². The Labute approximate surface area is 305 Å². The number of fused-ring (bicyclic) bond motifs is 5. The van der Waals surface area contributed by atoms with Crippen LogP contribution in [0.4, 0.5) is 0 Å². The lowest BCUT2D eigenvalue weighted by Gasteiger charge is -2.62. The first-order valence-electron chi connectivity index (χ1n) is 20.3. The third-order valence-electron chi connectivity index (χ3n) is 14.4. The molecular formula is C41H71N3O5S. The molecule has 4 aliphatic carbocycles. The van der Waals surface area contributed by atoms with Crippen molar-refractivity contribution >= 4 is 10.4 Å². The minimum Gasteiger partial charge on any atom is -0.393 e. The highest BCUT2D eigenvalue weighted by Gasteiger charge is 2.62. The molecule has 0 bridgehead atoms. The molecule has 1 aromatic carbocycles. The Morgan fingerprint density at radius 3 is 2.24 bits per heavy atom. The van der Waals surface area contributed by atoms with Crippen LogP contribution in [-0.4, -0.2) is 62.5 Å². The van der Waals surface area contributed by atoms with Crippen molar-refractivity contribution < 1.29 is 22.3 Å². The Hall–Kier alpha value is -1.07. The fraction of sp³-hybridized carbons (Fsp3) is 0.854. The smallest absolute Gasteiger partial charge is 0.393 e. The Morgan fingerprint density at radius 1 is 0.840 bits per heavy atom. The molecule has 5 N–H and O–H groups in total. The number of aliphatic hydroxyl groups is 1. The highest BCUT2D eigenvalue weighted by molar-refractivity contribution is 7.80. The molecule has 0 heterocycles. The molecule has 5 rings (SSSR count). The molecule has 0 radical (unpaired) electrons. The van der Waals surface area contributed by atoms with Gasteiger partial charge in [0.1, 0.15) is 0 Å². The van der Waals surface area contributed by atoms with E-state index in [9.17, 15) is 18.1 Å². The van der Waals surface area contributed by atoms with Crippen molar-refractivity contribution in [3.63, 3.8) is 0 Å². The van der Waals surface area contributed by atoms with Gasteiger partial charge in [0.15, 0.2) is 0 Å². The van der Waals surface area contributed by atoms with Gasteiger partial charge in [0.25, 0.3) is 0 Å². The molecule has 0 saturated heterocycles. The second kappa shape index (κ2) is 17.8. The third-order valence-corrected chi connectivity index (χ3v) is 14.9. The van der Waals surface area contributed by atoms with Crippen LogP contribution in [0.2, 0.25) is 0 Å². The minimum atomic E-state index is -4.46. The zero-order valence-electron chi connectivity index (χ0n) is 31.9. The summed E-state index contributed by atoms with van der Waals surface area (Å²) >= 11 is 0. The van der Waals surface area contributed by atoms with Crippen LogP contribution in [0.25, 0.3) is 0 Å². The van der Waals surface area contributed by atoms with Crippen molar-refractivity contribution in [2.75, 3.05) is 26.2 Å². The normalized spacial score (nSPS) is 35.3. The quantitative estimate of drug-likeness (QED) is 0.0743. The molecule has 4 aliphatic rings. The summed E-state index contributed by atoms with van der Waals surface area (Å²) in [5.41, 5.74) is 1.88. The van der Waals surface area contributed by atoms with Crippen LogP contribution < -0.4 is 16.0 Å². The fourth-order valence-electron chi connectivity index (χ4n) is 11.6. The van der Waals surface area contributed by atoms with E-state index in [2.05, 4.69) is 67.1 Å². The fourth-order valence-corrected chi connectivity index (χ4v) is 12.3. The maximum atomic E-state index is 11.9. The van der Waals surface area contributed by atoms with Gasteiger partial charge in [-0.05, 0) is 167 Å². The van der Waals surface area contributed by atoms with Crippen LogP contribution in [0.5, 0.6) is 0 Å². The molecule has 0 spiro atoms. The topological polar surface area (TPSA) is 120 Å². The lowest BCUT2D eigenvalue weighted by Crippen LogP contribution is -2.59. The van der Waals surface area contributed by atoms with E-state index in [1.54, 1.807) is 0 Å². The summed E-state index contributed by atoms with van der Waals surface area (Å²) in [5, 5.41) is 23.0. The van der Waals surface area contributed by atoms with Crippen molar-refractivity contribution in [2.24, 2.45) is 52.3 Å². The second-order valence-electron chi connectivity index (χ2n) is 17.8. The minimum absolute atomic E-state index is 0.0127. The highest BCUT2D eigenvalue weighted by Crippen LogP contribution is 2.68. The third kappa shape index (κ3) is 9.91. The van der Waals surface area contributed by atoms with Gasteiger partial charge in [-0.2, -0.15) is 8.42 Å². The second-order valence-corrected chi connectivity index (χ2v) is 18.8. The molecule has 3 unspecified atom stereocenters. The molecule has 0 amide bonds. The molecule has 9 heteroatoms. The standard InChI is InChI=1S/C41H71N3O5S/c1-29(2)38(49-50(46,47)48)17-14-30(3)34-15-16-35-39-36(19-21-41(34,35)5)40(4)20-18-33(26-32(40)27-37(39)45)44-25-11-24-42-22-9-10-23-43-28-31-12-7-6-8-13-31/h6-8,12-13,29-30,32-39,42-45H,9-11,14-28H2,1-5H3,(H,46,47,48)/t30-,32+,33+,34-,35?,36?,37+,38-,39?,40+,41-/m1/s1. The van der Waals surface area contributed by atoms with Gasteiger partial charge in [-0.1, -0.05) is 65.0 Å². The Morgan fingerprint density at radius 2 is 1.52 bits per heavy atom. The van der Waals surface area contributed by atoms with E-state index in [1.165, 1.54) is 63.4 Å². The number of benzene rings is 1. The maximum absolute atomic E-state index is 11.9. The summed E-state index contributed by atoms with van der Waals surface area (Å²) in [6.45, 7) is 16.6. The molecule has 0 aliphatic heterocycles. The zero-order chi connectivity index (χ0) is 35.9. The largest absolute Gasteiger partial charge is 0.397 e. The van der Waals surface area contributed by atoms with Crippen LogP contribution in [-0.2, 0) is 21.1 Å². The summed E-state index contributed by atoms with van der Waals surface area (Å²) in [6, 6.07) is 11.2. The van der Waals surface area contributed by atoms with Crippen LogP contribution in [0, 0.1) is 52.3 Å². The van der Waals surface area contributed by atoms with Gasteiger partial charge in [0.2, 0.25) is 0 Å². The lowest BCUT2D eigenvalue weighted by atomic mass is 9.43. The Bertz CT molecular complexity index is 1280. The molecule has 1 aromatic rings. The average molecular weight is 718 g/mol. The van der Waals surface area contributed by atoms with Crippen molar-refractivity contribution in [3.05, 3.63) is 35.9 Å². The number of unbranched alkanes of at least 4 members (excludes halogenated alkanes) is 1. The number of hydrogen-bond donors (Lipinski definition) is 5. The molecule has 286 valence electrons. The molecule has 11 atom stereocenters. The SMILES string of the molecule is CC(C)[C@@H](CC[C@@H](C)[C@H]1CCC2C3C(CC[C@@]21C)[C@@]1(C)CC[C@H](NCCCNCCCCNCc2ccccc2)C[C@H]1C[C@@H]3O)OS(=O)(=O)O. The first-order valence-corrected chi connectivity index (χ1v) is 21.7. The predicted octanol–water partition coefficient (Wildman–Crippen LogP) is 7.38. The Balaban J connectivity index is 1.02. The van der Waals surface area contributed by atoms with Gasteiger partial charge in [-0.3, -0.25) is 4.55 Å².